The van der Waals surface area contributed by atoms with Crippen molar-refractivity contribution in [1.29, 1.82) is 0 Å². The number of piperidine rings is 1. The first-order valence-electron chi connectivity index (χ1n) is 9.21. The SMILES string of the molecule is CCCCCCSc1nsnc1C1CN2CCC(OC(=O)C(=O)O)C1C2. The normalized spacial score (nSPS) is 27.4. The van der Waals surface area contributed by atoms with E-state index < -0.39 is 11.9 Å². The van der Waals surface area contributed by atoms with Crippen molar-refractivity contribution in [2.75, 3.05) is 25.4 Å². The second kappa shape index (κ2) is 9.14. The second-order valence-electron chi connectivity index (χ2n) is 6.93. The number of aliphatic carboxylic acids is 1. The van der Waals surface area contributed by atoms with Gasteiger partial charge in [-0.15, -0.1) is 11.8 Å². The predicted molar refractivity (Wildman–Crippen MR) is 99.6 cm³/mol. The lowest BCUT2D eigenvalue weighted by molar-refractivity contribution is -0.170. The van der Waals surface area contributed by atoms with E-state index in [0.29, 0.717) is 6.42 Å². The lowest BCUT2D eigenvalue weighted by atomic mass is 9.86. The van der Waals surface area contributed by atoms with Crippen LogP contribution in [0.5, 0.6) is 0 Å². The molecule has 3 heterocycles. The van der Waals surface area contributed by atoms with E-state index in [1.165, 1.54) is 37.4 Å². The van der Waals surface area contributed by atoms with Gasteiger partial charge in [-0.2, -0.15) is 8.75 Å². The molecule has 7 nitrogen and oxygen atoms in total. The highest BCUT2D eigenvalue weighted by Gasteiger charge is 2.46. The number of esters is 1. The van der Waals surface area contributed by atoms with E-state index in [-0.39, 0.29) is 17.9 Å². The maximum atomic E-state index is 11.5. The first-order chi connectivity index (χ1) is 12.6. The van der Waals surface area contributed by atoms with Crippen LogP contribution in [-0.4, -0.2) is 62.2 Å². The van der Waals surface area contributed by atoms with Crippen LogP contribution >= 0.6 is 23.5 Å². The largest absolute Gasteiger partial charge is 0.473 e. The van der Waals surface area contributed by atoms with Crippen molar-refractivity contribution < 1.29 is 19.4 Å². The van der Waals surface area contributed by atoms with Crippen LogP contribution in [0, 0.1) is 5.92 Å². The topological polar surface area (TPSA) is 92.6 Å². The van der Waals surface area contributed by atoms with E-state index in [2.05, 4.69) is 20.6 Å². The van der Waals surface area contributed by atoms with Crippen molar-refractivity contribution in [2.24, 2.45) is 5.92 Å². The first-order valence-corrected chi connectivity index (χ1v) is 10.9. The molecule has 2 bridgehead atoms. The molecule has 2 aliphatic heterocycles. The van der Waals surface area contributed by atoms with Crippen LogP contribution in [0.1, 0.15) is 50.6 Å². The third-order valence-corrected chi connectivity index (χ3v) is 6.88. The molecule has 0 aliphatic carbocycles. The minimum atomic E-state index is -1.53. The molecule has 9 heteroatoms. The van der Waals surface area contributed by atoms with Crippen LogP contribution in [0.4, 0.5) is 0 Å². The van der Waals surface area contributed by atoms with Crippen molar-refractivity contribution in [2.45, 2.75) is 56.1 Å². The molecule has 1 aromatic rings. The second-order valence-corrected chi connectivity index (χ2v) is 8.54. The highest BCUT2D eigenvalue weighted by molar-refractivity contribution is 7.99. The Bertz CT molecular complexity index is 639. The zero-order valence-electron chi connectivity index (χ0n) is 14.9. The summed E-state index contributed by atoms with van der Waals surface area (Å²) in [6.07, 6.45) is 5.23. The number of hydrogen-bond acceptors (Lipinski definition) is 8. The van der Waals surface area contributed by atoms with Gasteiger partial charge in [-0.1, -0.05) is 26.2 Å². The number of ether oxygens (including phenoxy) is 1. The minimum absolute atomic E-state index is 0.0930. The Morgan fingerprint density at radius 2 is 2.15 bits per heavy atom. The van der Waals surface area contributed by atoms with Crippen LogP contribution in [0.3, 0.4) is 0 Å². The minimum Gasteiger partial charge on any atom is -0.473 e. The fourth-order valence-corrected chi connectivity index (χ4v) is 5.61. The number of carbonyl (C=O) groups excluding carboxylic acids is 1. The molecule has 144 valence electrons. The number of rotatable bonds is 8. The Labute approximate surface area is 161 Å². The number of carboxylic acids is 1. The first kappa shape index (κ1) is 19.6. The molecule has 3 rings (SSSR count). The molecule has 2 aliphatic rings. The molecule has 0 spiro atoms. The van der Waals surface area contributed by atoms with E-state index in [4.69, 9.17) is 9.84 Å². The van der Waals surface area contributed by atoms with Crippen LogP contribution in [-0.2, 0) is 14.3 Å². The van der Waals surface area contributed by atoms with Gasteiger partial charge in [-0.3, -0.25) is 0 Å². The molecular formula is C17H25N3O4S2. The lowest BCUT2D eigenvalue weighted by Crippen LogP contribution is -2.39. The Morgan fingerprint density at radius 3 is 2.92 bits per heavy atom. The zero-order valence-corrected chi connectivity index (χ0v) is 16.6. The van der Waals surface area contributed by atoms with Crippen LogP contribution in [0.2, 0.25) is 0 Å². The average molecular weight is 400 g/mol. The molecule has 1 aromatic heterocycles. The summed E-state index contributed by atoms with van der Waals surface area (Å²) < 4.78 is 14.3. The fourth-order valence-electron chi connectivity index (χ4n) is 3.83. The van der Waals surface area contributed by atoms with Crippen molar-refractivity contribution >= 4 is 35.4 Å². The van der Waals surface area contributed by atoms with Gasteiger partial charge in [-0.25, -0.2) is 9.59 Å². The van der Waals surface area contributed by atoms with Crippen LogP contribution < -0.4 is 0 Å². The summed E-state index contributed by atoms with van der Waals surface area (Å²) >= 11 is 3.00. The highest BCUT2D eigenvalue weighted by Crippen LogP contribution is 2.42. The van der Waals surface area contributed by atoms with E-state index in [1.807, 2.05) is 0 Å². The molecule has 2 saturated heterocycles. The lowest BCUT2D eigenvalue weighted by Gasteiger charge is -2.30. The molecule has 26 heavy (non-hydrogen) atoms. The summed E-state index contributed by atoms with van der Waals surface area (Å²) in [6, 6.07) is 0. The molecule has 2 fully saturated rings. The number of aromatic nitrogens is 2. The fraction of sp³-hybridized carbons (Fsp3) is 0.765. The molecule has 1 N–H and O–H groups in total. The van der Waals surface area contributed by atoms with Crippen LogP contribution in [0.25, 0.3) is 0 Å². The van der Waals surface area contributed by atoms with E-state index in [0.717, 1.165) is 36.1 Å². The van der Waals surface area contributed by atoms with Gasteiger partial charge in [0.15, 0.2) is 0 Å². The van der Waals surface area contributed by atoms with Crippen molar-refractivity contribution in [3.63, 3.8) is 0 Å². The van der Waals surface area contributed by atoms with E-state index in [1.54, 1.807) is 11.8 Å². The number of carbonyl (C=O) groups is 2. The Balaban J connectivity index is 1.64. The number of unbranched alkanes of at least 4 members (excludes halogenated alkanes) is 3. The number of nitrogens with zero attached hydrogens (tertiary/aromatic N) is 3. The predicted octanol–water partition coefficient (Wildman–Crippen LogP) is 2.63. The Morgan fingerprint density at radius 1 is 1.31 bits per heavy atom. The van der Waals surface area contributed by atoms with Gasteiger partial charge in [-0.05, 0) is 18.6 Å². The Kier molecular flexibility index (Phi) is 6.88. The van der Waals surface area contributed by atoms with Gasteiger partial charge in [0.2, 0.25) is 0 Å². The van der Waals surface area contributed by atoms with Gasteiger partial charge in [0.25, 0.3) is 0 Å². The third kappa shape index (κ3) is 4.55. The number of hydrogen-bond donors (Lipinski definition) is 1. The van der Waals surface area contributed by atoms with Crippen molar-refractivity contribution in [1.82, 2.24) is 13.6 Å². The summed E-state index contributed by atoms with van der Waals surface area (Å²) in [4.78, 5) is 24.7. The molecule has 4 atom stereocenters. The van der Waals surface area contributed by atoms with Crippen molar-refractivity contribution in [3.8, 4) is 0 Å². The number of thioether (sulfide) groups is 1. The molecular weight excluding hydrogens is 374 g/mol. The maximum Gasteiger partial charge on any atom is 0.417 e. The monoisotopic (exact) mass is 399 g/mol. The van der Waals surface area contributed by atoms with Crippen LogP contribution in [0.15, 0.2) is 5.03 Å². The van der Waals surface area contributed by atoms with Gasteiger partial charge < -0.3 is 14.7 Å². The summed E-state index contributed by atoms with van der Waals surface area (Å²) in [5.41, 5.74) is 1.00. The van der Waals surface area contributed by atoms with Gasteiger partial charge in [0.1, 0.15) is 11.1 Å². The maximum absolute atomic E-state index is 11.5. The molecule has 0 amide bonds. The molecule has 0 aromatic carbocycles. The number of fused-ring (bicyclic) bond motifs is 2. The highest BCUT2D eigenvalue weighted by atomic mass is 32.2. The van der Waals surface area contributed by atoms with Gasteiger partial charge in [0.05, 0.1) is 17.4 Å². The smallest absolute Gasteiger partial charge is 0.417 e. The third-order valence-electron chi connectivity index (χ3n) is 5.15. The summed E-state index contributed by atoms with van der Waals surface area (Å²) in [7, 11) is 0. The van der Waals surface area contributed by atoms with Gasteiger partial charge in [0, 0.05) is 31.5 Å². The van der Waals surface area contributed by atoms with Crippen molar-refractivity contribution in [3.05, 3.63) is 5.69 Å². The Hall–Kier alpha value is -1.19. The molecule has 4 unspecified atom stereocenters. The average Bonchev–Trinajstić information content (AvgIpc) is 3.21. The summed E-state index contributed by atoms with van der Waals surface area (Å²) in [6.45, 7) is 4.72. The van der Waals surface area contributed by atoms with Gasteiger partial charge >= 0.3 is 11.9 Å². The summed E-state index contributed by atoms with van der Waals surface area (Å²) in [5.74, 6) is -1.40. The standard InChI is InChI=1S/C17H25N3O4S2/c1-2-3-4-5-8-25-15-14(18-26-19-15)12-10-20-7-6-13(11(12)9-20)24-17(23)16(21)22/h11-13H,2-10H2,1H3,(H,21,22). The molecule has 0 radical (unpaired) electrons. The summed E-state index contributed by atoms with van der Waals surface area (Å²) in [5, 5.41) is 9.82. The quantitative estimate of drug-likeness (QED) is 0.309. The molecule has 0 saturated carbocycles. The van der Waals surface area contributed by atoms with E-state index in [9.17, 15) is 9.59 Å². The zero-order chi connectivity index (χ0) is 18.5. The number of carboxylic acid groups (broad SMARTS) is 1. The van der Waals surface area contributed by atoms with E-state index >= 15 is 0 Å².